The summed E-state index contributed by atoms with van der Waals surface area (Å²) in [5.41, 5.74) is 1.82. The molecule has 0 fully saturated rings. The zero-order chi connectivity index (χ0) is 11.5. The fourth-order valence-corrected chi connectivity index (χ4v) is 1.80. The van der Waals surface area contributed by atoms with Gasteiger partial charge in [-0.25, -0.2) is 0 Å². The second kappa shape index (κ2) is 4.35. The summed E-state index contributed by atoms with van der Waals surface area (Å²) in [7, 11) is 1.33. The van der Waals surface area contributed by atoms with Gasteiger partial charge >= 0.3 is 5.97 Å². The van der Waals surface area contributed by atoms with Crippen LogP contribution in [0.3, 0.4) is 0 Å². The predicted molar refractivity (Wildman–Crippen MR) is 57.7 cm³/mol. The molecule has 1 N–H and O–H groups in total. The molecule has 1 aromatic rings. The number of amides is 1. The maximum absolute atomic E-state index is 11.7. The van der Waals surface area contributed by atoms with Crippen LogP contribution >= 0.6 is 0 Å². The highest BCUT2D eigenvalue weighted by atomic mass is 16.5. The maximum Gasteiger partial charge on any atom is 0.306 e. The summed E-state index contributed by atoms with van der Waals surface area (Å²) in [4.78, 5) is 22.8. The molecule has 1 amide bonds. The Kier molecular flexibility index (Phi) is 2.90. The Morgan fingerprint density at radius 2 is 2.50 bits per heavy atom. The van der Waals surface area contributed by atoms with Crippen LogP contribution in [-0.2, 0) is 20.7 Å². The maximum atomic E-state index is 11.7. The van der Waals surface area contributed by atoms with Gasteiger partial charge in [-0.2, -0.15) is 0 Å². The van der Waals surface area contributed by atoms with Crippen LogP contribution in [0.2, 0.25) is 0 Å². The standard InChI is InChI=1S/C12H12NO3/c1-16-11(14)7-9-6-8-4-2-3-5-10(8)13-12(9)15/h2,4-5,9H,6-7H2,1H3,(H,13,15). The van der Waals surface area contributed by atoms with E-state index in [0.29, 0.717) is 6.42 Å². The molecule has 16 heavy (non-hydrogen) atoms. The van der Waals surface area contributed by atoms with Gasteiger partial charge in [-0.1, -0.05) is 12.1 Å². The quantitative estimate of drug-likeness (QED) is 0.758. The highest BCUT2D eigenvalue weighted by Crippen LogP contribution is 2.26. The molecule has 0 saturated carbocycles. The summed E-state index contributed by atoms with van der Waals surface area (Å²) >= 11 is 0. The van der Waals surface area contributed by atoms with Crippen molar-refractivity contribution in [3.63, 3.8) is 0 Å². The van der Waals surface area contributed by atoms with E-state index in [9.17, 15) is 9.59 Å². The molecule has 2 rings (SSSR count). The van der Waals surface area contributed by atoms with Crippen molar-refractivity contribution in [2.75, 3.05) is 12.4 Å². The number of fused-ring (bicyclic) bond motifs is 1. The lowest BCUT2D eigenvalue weighted by Crippen LogP contribution is -2.31. The number of nitrogens with one attached hydrogen (secondary N) is 1. The molecule has 1 radical (unpaired) electrons. The van der Waals surface area contributed by atoms with Gasteiger partial charge in [0.1, 0.15) is 0 Å². The number of hydrogen-bond donors (Lipinski definition) is 1. The third-order valence-electron chi connectivity index (χ3n) is 2.69. The van der Waals surface area contributed by atoms with E-state index in [1.165, 1.54) is 7.11 Å². The number of methoxy groups -OCH3 is 1. The Labute approximate surface area is 93.6 Å². The minimum atomic E-state index is -0.355. The first-order valence-corrected chi connectivity index (χ1v) is 5.07. The Balaban J connectivity index is 2.15. The van der Waals surface area contributed by atoms with Crippen molar-refractivity contribution in [3.05, 3.63) is 29.8 Å². The van der Waals surface area contributed by atoms with Crippen LogP contribution in [0.5, 0.6) is 0 Å². The second-order valence-corrected chi connectivity index (χ2v) is 3.75. The van der Waals surface area contributed by atoms with Crippen LogP contribution in [0.1, 0.15) is 12.0 Å². The largest absolute Gasteiger partial charge is 0.469 e. The predicted octanol–water partition coefficient (Wildman–Crippen LogP) is 1.16. The Morgan fingerprint density at radius 1 is 1.69 bits per heavy atom. The molecule has 4 heteroatoms. The van der Waals surface area contributed by atoms with Gasteiger partial charge in [-0.3, -0.25) is 9.59 Å². The zero-order valence-electron chi connectivity index (χ0n) is 8.95. The van der Waals surface area contributed by atoms with Crippen LogP contribution < -0.4 is 5.32 Å². The van der Waals surface area contributed by atoms with Gasteiger partial charge in [0, 0.05) is 5.69 Å². The smallest absolute Gasteiger partial charge is 0.306 e. The van der Waals surface area contributed by atoms with E-state index in [0.717, 1.165) is 11.3 Å². The molecular formula is C12H12NO3. The molecular weight excluding hydrogens is 206 g/mol. The second-order valence-electron chi connectivity index (χ2n) is 3.75. The average Bonchev–Trinajstić information content (AvgIpc) is 2.30. The van der Waals surface area contributed by atoms with Gasteiger partial charge < -0.3 is 10.1 Å². The first-order valence-electron chi connectivity index (χ1n) is 5.07. The average molecular weight is 218 g/mol. The summed E-state index contributed by atoms with van der Waals surface area (Å²) in [6.07, 6.45) is 0.700. The molecule has 1 aliphatic heterocycles. The van der Waals surface area contributed by atoms with Crippen molar-refractivity contribution in [1.29, 1.82) is 0 Å². The summed E-state index contributed by atoms with van der Waals surface area (Å²) in [6.45, 7) is 0. The monoisotopic (exact) mass is 218 g/mol. The van der Waals surface area contributed by atoms with Crippen molar-refractivity contribution in [2.24, 2.45) is 5.92 Å². The van der Waals surface area contributed by atoms with E-state index in [4.69, 9.17) is 0 Å². The molecule has 0 aromatic heterocycles. The van der Waals surface area contributed by atoms with Crippen molar-refractivity contribution in [2.45, 2.75) is 12.8 Å². The molecule has 1 heterocycles. The van der Waals surface area contributed by atoms with Crippen LogP contribution in [0.15, 0.2) is 18.2 Å². The summed E-state index contributed by atoms with van der Waals surface area (Å²) in [5, 5.41) is 2.76. The molecule has 1 atom stereocenters. The molecule has 1 unspecified atom stereocenters. The molecule has 0 spiro atoms. The first kappa shape index (κ1) is 10.7. The minimum Gasteiger partial charge on any atom is -0.469 e. The fourth-order valence-electron chi connectivity index (χ4n) is 1.80. The number of carbonyl (C=O) groups is 2. The van der Waals surface area contributed by atoms with E-state index in [1.807, 2.05) is 6.07 Å². The normalized spacial score (nSPS) is 18.6. The van der Waals surface area contributed by atoms with Gasteiger partial charge in [0.2, 0.25) is 5.91 Å². The highest BCUT2D eigenvalue weighted by Gasteiger charge is 2.28. The number of esters is 1. The lowest BCUT2D eigenvalue weighted by Gasteiger charge is -2.23. The molecule has 1 aromatic carbocycles. The van der Waals surface area contributed by atoms with E-state index in [-0.39, 0.29) is 24.2 Å². The van der Waals surface area contributed by atoms with Crippen LogP contribution in [-0.4, -0.2) is 19.0 Å². The molecule has 1 aliphatic rings. The molecule has 0 bridgehead atoms. The van der Waals surface area contributed by atoms with Crippen LogP contribution in [0.4, 0.5) is 5.69 Å². The number of ether oxygens (including phenoxy) is 1. The van der Waals surface area contributed by atoms with Crippen molar-refractivity contribution in [1.82, 2.24) is 0 Å². The summed E-state index contributed by atoms with van der Waals surface area (Å²) < 4.78 is 4.56. The van der Waals surface area contributed by atoms with Gasteiger partial charge in [0.15, 0.2) is 0 Å². The Morgan fingerprint density at radius 3 is 3.25 bits per heavy atom. The third-order valence-corrected chi connectivity index (χ3v) is 2.69. The number of anilines is 1. The van der Waals surface area contributed by atoms with Gasteiger partial charge in [0.25, 0.3) is 0 Å². The minimum absolute atomic E-state index is 0.125. The summed E-state index contributed by atoms with van der Waals surface area (Å²) in [5.74, 6) is -0.814. The first-order chi connectivity index (χ1) is 7.70. The Hall–Kier alpha value is -1.84. The van der Waals surface area contributed by atoms with E-state index >= 15 is 0 Å². The van der Waals surface area contributed by atoms with E-state index in [1.54, 1.807) is 12.1 Å². The van der Waals surface area contributed by atoms with Gasteiger partial charge in [-0.15, -0.1) is 0 Å². The number of carbonyl (C=O) groups excluding carboxylic acids is 2. The SMILES string of the molecule is COC(=O)CC1Cc2cc[c]cc2NC1=O. The highest BCUT2D eigenvalue weighted by molar-refractivity contribution is 5.97. The molecule has 83 valence electrons. The third kappa shape index (κ3) is 2.05. The molecule has 4 nitrogen and oxygen atoms in total. The molecule has 0 aliphatic carbocycles. The zero-order valence-corrected chi connectivity index (χ0v) is 8.95. The fraction of sp³-hybridized carbons (Fsp3) is 0.333. The number of hydrogen-bond acceptors (Lipinski definition) is 3. The van der Waals surface area contributed by atoms with Crippen molar-refractivity contribution >= 4 is 17.6 Å². The topological polar surface area (TPSA) is 55.4 Å². The van der Waals surface area contributed by atoms with E-state index in [2.05, 4.69) is 16.1 Å². The Bertz CT molecular complexity index is 428. The molecule has 0 saturated heterocycles. The van der Waals surface area contributed by atoms with Crippen LogP contribution in [0, 0.1) is 12.0 Å². The van der Waals surface area contributed by atoms with Crippen LogP contribution in [0.25, 0.3) is 0 Å². The van der Waals surface area contributed by atoms with E-state index < -0.39 is 0 Å². The van der Waals surface area contributed by atoms with Gasteiger partial charge in [0.05, 0.1) is 19.4 Å². The number of benzene rings is 1. The number of rotatable bonds is 2. The summed E-state index contributed by atoms with van der Waals surface area (Å²) in [6, 6.07) is 8.34. The van der Waals surface area contributed by atoms with Gasteiger partial charge in [-0.05, 0) is 24.1 Å². The lowest BCUT2D eigenvalue weighted by molar-refractivity contribution is -0.143. The van der Waals surface area contributed by atoms with Crippen molar-refractivity contribution < 1.29 is 14.3 Å². The van der Waals surface area contributed by atoms with Crippen molar-refractivity contribution in [3.8, 4) is 0 Å². The lowest BCUT2D eigenvalue weighted by atomic mass is 9.91.